The molecular formula is C24H27N3. The number of benzene rings is 1. The first kappa shape index (κ1) is 17.9. The van der Waals surface area contributed by atoms with Crippen molar-refractivity contribution < 1.29 is 0 Å². The molecule has 0 saturated carbocycles. The topological polar surface area (TPSA) is 29.0 Å². The van der Waals surface area contributed by atoms with Crippen LogP contribution in [0.25, 0.3) is 0 Å². The van der Waals surface area contributed by atoms with Crippen molar-refractivity contribution in [3.8, 4) is 0 Å². The van der Waals surface area contributed by atoms with E-state index in [1.54, 1.807) is 0 Å². The Hall–Kier alpha value is -2.52. The van der Waals surface area contributed by atoms with Crippen LogP contribution in [0.15, 0.2) is 67.0 Å². The van der Waals surface area contributed by atoms with Gasteiger partial charge in [-0.2, -0.15) is 0 Å². The van der Waals surface area contributed by atoms with E-state index in [1.807, 2.05) is 18.5 Å². The fraction of sp³-hybridized carbons (Fsp3) is 0.333. The molecule has 0 amide bonds. The lowest BCUT2D eigenvalue weighted by molar-refractivity contribution is 0.198. The molecule has 3 aromatic rings. The SMILES string of the molecule is Cc1cccc(Cc2cccc([C@@H]3CCCN(Cc4cccnc4)C3)n2)c1. The summed E-state index contributed by atoms with van der Waals surface area (Å²) in [5.41, 5.74) is 6.35. The van der Waals surface area contributed by atoms with Crippen LogP contribution >= 0.6 is 0 Å². The Bertz CT molecular complexity index is 876. The molecule has 1 atom stereocenters. The molecule has 1 aliphatic rings. The number of aromatic nitrogens is 2. The smallest absolute Gasteiger partial charge is 0.0450 e. The van der Waals surface area contributed by atoms with E-state index in [1.165, 1.54) is 40.9 Å². The normalized spacial score (nSPS) is 17.7. The van der Waals surface area contributed by atoms with E-state index in [-0.39, 0.29) is 0 Å². The van der Waals surface area contributed by atoms with Crippen LogP contribution in [0.2, 0.25) is 0 Å². The molecule has 0 radical (unpaired) electrons. The summed E-state index contributed by atoms with van der Waals surface area (Å²) in [6, 6.07) is 19.4. The number of hydrogen-bond donors (Lipinski definition) is 0. The van der Waals surface area contributed by atoms with Gasteiger partial charge in [0.15, 0.2) is 0 Å². The fourth-order valence-electron chi connectivity index (χ4n) is 4.05. The summed E-state index contributed by atoms with van der Waals surface area (Å²) in [5.74, 6) is 0.521. The van der Waals surface area contributed by atoms with Crippen LogP contribution in [0.3, 0.4) is 0 Å². The zero-order chi connectivity index (χ0) is 18.5. The molecule has 0 bridgehead atoms. The molecule has 3 nitrogen and oxygen atoms in total. The van der Waals surface area contributed by atoms with Gasteiger partial charge >= 0.3 is 0 Å². The Kier molecular flexibility index (Phi) is 5.59. The third-order valence-corrected chi connectivity index (χ3v) is 5.35. The number of rotatable bonds is 5. The number of aryl methyl sites for hydroxylation is 1. The van der Waals surface area contributed by atoms with Gasteiger partial charge in [-0.15, -0.1) is 0 Å². The third kappa shape index (κ3) is 4.81. The molecule has 4 rings (SSSR count). The quantitative estimate of drug-likeness (QED) is 0.659. The Morgan fingerprint density at radius 2 is 1.93 bits per heavy atom. The van der Waals surface area contributed by atoms with Gasteiger partial charge in [0.05, 0.1) is 0 Å². The van der Waals surface area contributed by atoms with Crippen LogP contribution < -0.4 is 0 Å². The van der Waals surface area contributed by atoms with Crippen molar-refractivity contribution in [1.82, 2.24) is 14.9 Å². The largest absolute Gasteiger partial charge is 0.298 e. The molecule has 0 spiro atoms. The summed E-state index contributed by atoms with van der Waals surface area (Å²) >= 11 is 0. The lowest BCUT2D eigenvalue weighted by Gasteiger charge is -2.32. The van der Waals surface area contributed by atoms with Crippen molar-refractivity contribution in [1.29, 1.82) is 0 Å². The maximum absolute atomic E-state index is 5.02. The highest BCUT2D eigenvalue weighted by Gasteiger charge is 2.22. The Balaban J connectivity index is 1.44. The molecule has 138 valence electrons. The van der Waals surface area contributed by atoms with Crippen molar-refractivity contribution in [3.05, 3.63) is 95.1 Å². The van der Waals surface area contributed by atoms with Gasteiger partial charge in [-0.1, -0.05) is 42.0 Å². The maximum Gasteiger partial charge on any atom is 0.0450 e. The maximum atomic E-state index is 5.02. The molecule has 1 aromatic carbocycles. The summed E-state index contributed by atoms with van der Waals surface area (Å²) in [4.78, 5) is 11.8. The summed E-state index contributed by atoms with van der Waals surface area (Å²) in [5, 5.41) is 0. The first-order valence-electron chi connectivity index (χ1n) is 9.89. The number of hydrogen-bond acceptors (Lipinski definition) is 3. The highest BCUT2D eigenvalue weighted by molar-refractivity contribution is 5.27. The molecule has 1 aliphatic heterocycles. The standard InChI is InChI=1S/C24H27N3/c1-19-6-2-7-20(14-19)15-23-10-3-11-24(26-23)22-9-5-13-27(18-22)17-21-8-4-12-25-16-21/h2-4,6-8,10-12,14,16,22H,5,9,13,15,17-18H2,1H3/t22-/m1/s1. The second-order valence-corrected chi connectivity index (χ2v) is 7.66. The second-order valence-electron chi connectivity index (χ2n) is 7.66. The zero-order valence-electron chi connectivity index (χ0n) is 16.0. The molecule has 3 heteroatoms. The molecule has 0 aliphatic carbocycles. The van der Waals surface area contributed by atoms with Gasteiger partial charge in [-0.3, -0.25) is 14.9 Å². The van der Waals surface area contributed by atoms with Crippen molar-refractivity contribution in [2.45, 2.75) is 38.6 Å². The lowest BCUT2D eigenvalue weighted by atomic mass is 9.93. The Labute approximate surface area is 162 Å². The van der Waals surface area contributed by atoms with Crippen molar-refractivity contribution in [3.63, 3.8) is 0 Å². The number of likely N-dealkylation sites (tertiary alicyclic amines) is 1. The first-order chi connectivity index (χ1) is 13.3. The summed E-state index contributed by atoms with van der Waals surface area (Å²) < 4.78 is 0. The summed E-state index contributed by atoms with van der Waals surface area (Å²) in [6.07, 6.45) is 7.18. The van der Waals surface area contributed by atoms with E-state index >= 15 is 0 Å². The van der Waals surface area contributed by atoms with Crippen LogP contribution in [0.4, 0.5) is 0 Å². The minimum atomic E-state index is 0.521. The highest BCUT2D eigenvalue weighted by atomic mass is 15.1. The highest BCUT2D eigenvalue weighted by Crippen LogP contribution is 2.27. The first-order valence-corrected chi connectivity index (χ1v) is 9.89. The van der Waals surface area contributed by atoms with E-state index in [4.69, 9.17) is 4.98 Å². The predicted molar refractivity (Wildman–Crippen MR) is 110 cm³/mol. The molecule has 0 unspecified atom stereocenters. The van der Waals surface area contributed by atoms with E-state index in [2.05, 4.69) is 65.3 Å². The minimum Gasteiger partial charge on any atom is -0.298 e. The predicted octanol–water partition coefficient (Wildman–Crippen LogP) is 4.76. The van der Waals surface area contributed by atoms with Gasteiger partial charge in [0.1, 0.15) is 0 Å². The molecular weight excluding hydrogens is 330 g/mol. The molecule has 3 heterocycles. The molecule has 27 heavy (non-hydrogen) atoms. The minimum absolute atomic E-state index is 0.521. The number of piperidine rings is 1. The van der Waals surface area contributed by atoms with Gasteiger partial charge in [0.25, 0.3) is 0 Å². The molecule has 1 saturated heterocycles. The lowest BCUT2D eigenvalue weighted by Crippen LogP contribution is -2.34. The van der Waals surface area contributed by atoms with Gasteiger partial charge in [0, 0.05) is 49.2 Å². The number of nitrogens with zero attached hydrogens (tertiary/aromatic N) is 3. The van der Waals surface area contributed by atoms with E-state index < -0.39 is 0 Å². The van der Waals surface area contributed by atoms with E-state index in [9.17, 15) is 0 Å². The van der Waals surface area contributed by atoms with Crippen LogP contribution in [0, 0.1) is 6.92 Å². The molecule has 2 aromatic heterocycles. The monoisotopic (exact) mass is 357 g/mol. The van der Waals surface area contributed by atoms with Gasteiger partial charge in [-0.05, 0) is 55.6 Å². The Morgan fingerprint density at radius 1 is 1.04 bits per heavy atom. The van der Waals surface area contributed by atoms with Gasteiger partial charge in [0.2, 0.25) is 0 Å². The van der Waals surface area contributed by atoms with Gasteiger partial charge in [-0.25, -0.2) is 0 Å². The van der Waals surface area contributed by atoms with Crippen molar-refractivity contribution in [2.24, 2.45) is 0 Å². The molecule has 0 N–H and O–H groups in total. The summed E-state index contributed by atoms with van der Waals surface area (Å²) in [7, 11) is 0. The van der Waals surface area contributed by atoms with E-state index in [0.717, 1.165) is 26.1 Å². The van der Waals surface area contributed by atoms with Gasteiger partial charge < -0.3 is 0 Å². The second kappa shape index (κ2) is 8.45. The Morgan fingerprint density at radius 3 is 2.78 bits per heavy atom. The van der Waals surface area contributed by atoms with Crippen LogP contribution in [-0.2, 0) is 13.0 Å². The third-order valence-electron chi connectivity index (χ3n) is 5.35. The fourth-order valence-corrected chi connectivity index (χ4v) is 4.05. The van der Waals surface area contributed by atoms with Crippen LogP contribution in [0.5, 0.6) is 0 Å². The van der Waals surface area contributed by atoms with Crippen molar-refractivity contribution >= 4 is 0 Å². The average molecular weight is 358 g/mol. The van der Waals surface area contributed by atoms with Crippen molar-refractivity contribution in [2.75, 3.05) is 13.1 Å². The van der Waals surface area contributed by atoms with E-state index in [0.29, 0.717) is 5.92 Å². The van der Waals surface area contributed by atoms with Crippen LogP contribution in [-0.4, -0.2) is 28.0 Å². The van der Waals surface area contributed by atoms with Crippen LogP contribution in [0.1, 0.15) is 46.8 Å². The zero-order valence-corrected chi connectivity index (χ0v) is 16.0. The average Bonchev–Trinajstić information content (AvgIpc) is 2.69. The summed E-state index contributed by atoms with van der Waals surface area (Å²) in [6.45, 7) is 5.36. The number of pyridine rings is 2. The molecule has 1 fully saturated rings.